The van der Waals surface area contributed by atoms with Crippen LogP contribution in [0.4, 0.5) is 13.2 Å². The van der Waals surface area contributed by atoms with Gasteiger partial charge in [-0.25, -0.2) is 0 Å². The average molecular weight is 277 g/mol. The zero-order chi connectivity index (χ0) is 14.5. The highest BCUT2D eigenvalue weighted by Gasteiger charge is 2.34. The lowest BCUT2D eigenvalue weighted by atomic mass is 10.0. The molecule has 0 aromatic heterocycles. The van der Waals surface area contributed by atoms with E-state index in [1.807, 2.05) is 0 Å². The zero-order valence-electron chi connectivity index (χ0n) is 11.0. The molecular weight excluding hydrogens is 259 g/mol. The number of benzene rings is 1. The topological polar surface area (TPSA) is 44.5 Å². The number of rotatable bonds is 6. The van der Waals surface area contributed by atoms with Crippen LogP contribution in [0.5, 0.6) is 0 Å². The Morgan fingerprint density at radius 3 is 1.68 bits per heavy atom. The summed E-state index contributed by atoms with van der Waals surface area (Å²) in [5.74, 6) is -1.19. The van der Waals surface area contributed by atoms with E-state index in [9.17, 15) is 13.2 Å². The van der Waals surface area contributed by atoms with E-state index in [1.165, 1.54) is 12.1 Å². The van der Waals surface area contributed by atoms with Crippen molar-refractivity contribution >= 4 is 0 Å². The van der Waals surface area contributed by atoms with Crippen molar-refractivity contribution in [3.63, 3.8) is 0 Å². The maximum absolute atomic E-state index is 12.5. The van der Waals surface area contributed by atoms with Crippen LogP contribution in [-0.2, 0) is 21.4 Å². The van der Waals surface area contributed by atoms with E-state index in [2.05, 4.69) is 0 Å². The Labute approximate surface area is 110 Å². The van der Waals surface area contributed by atoms with Gasteiger partial charge in [-0.3, -0.25) is 0 Å². The van der Waals surface area contributed by atoms with Crippen molar-refractivity contribution in [3.05, 3.63) is 35.4 Å². The normalized spacial score (nSPS) is 12.7. The summed E-state index contributed by atoms with van der Waals surface area (Å²) >= 11 is 0. The second-order valence-electron chi connectivity index (χ2n) is 3.90. The molecule has 0 aliphatic rings. The number of hydrogen-bond donors (Lipinski definition) is 1. The molecule has 0 atom stereocenters. The number of halogens is 3. The molecule has 0 spiro atoms. The van der Waals surface area contributed by atoms with Crippen LogP contribution in [0.1, 0.15) is 25.0 Å². The molecule has 0 amide bonds. The maximum atomic E-state index is 12.5. The van der Waals surface area contributed by atoms with Crippen LogP contribution in [0, 0.1) is 0 Å². The van der Waals surface area contributed by atoms with Gasteiger partial charge in [0.05, 0.1) is 12.1 Å². The Morgan fingerprint density at radius 2 is 1.37 bits per heavy atom. The minimum absolute atomic E-state index is 0.0278. The van der Waals surface area contributed by atoms with Gasteiger partial charge >= 0.3 is 6.18 Å². The van der Waals surface area contributed by atoms with Gasteiger partial charge in [0.15, 0.2) is 0 Å². The number of alkyl halides is 3. The third-order valence-corrected chi connectivity index (χ3v) is 2.68. The first-order chi connectivity index (χ1) is 8.89. The molecule has 0 heterocycles. The van der Waals surface area contributed by atoms with Gasteiger partial charge in [0, 0.05) is 18.8 Å². The van der Waals surface area contributed by atoms with E-state index in [-0.39, 0.29) is 6.54 Å². The molecule has 0 aliphatic carbocycles. The molecule has 108 valence electrons. The molecule has 2 N–H and O–H groups in total. The predicted molar refractivity (Wildman–Crippen MR) is 65.4 cm³/mol. The summed E-state index contributed by atoms with van der Waals surface area (Å²) in [4.78, 5) is 0. The molecule has 0 saturated heterocycles. The van der Waals surface area contributed by atoms with Gasteiger partial charge < -0.3 is 15.2 Å². The van der Waals surface area contributed by atoms with Gasteiger partial charge in [-0.2, -0.15) is 13.2 Å². The highest BCUT2D eigenvalue weighted by atomic mass is 19.4. The van der Waals surface area contributed by atoms with Gasteiger partial charge in [0.2, 0.25) is 5.79 Å². The Kier molecular flexibility index (Phi) is 5.34. The van der Waals surface area contributed by atoms with Crippen molar-refractivity contribution in [3.8, 4) is 0 Å². The molecule has 0 unspecified atom stereocenters. The van der Waals surface area contributed by atoms with Crippen LogP contribution in [0.3, 0.4) is 0 Å². The zero-order valence-corrected chi connectivity index (χ0v) is 11.0. The van der Waals surface area contributed by atoms with Crippen molar-refractivity contribution in [2.24, 2.45) is 5.73 Å². The molecule has 1 aromatic rings. The van der Waals surface area contributed by atoms with Crippen molar-refractivity contribution in [2.75, 3.05) is 19.8 Å². The SMILES string of the molecule is CCOC(CN)(OCC)c1ccc(C(F)(F)F)cc1. The van der Waals surface area contributed by atoms with E-state index in [0.29, 0.717) is 18.8 Å². The predicted octanol–water partition coefficient (Wildman–Crippen LogP) is 2.89. The fourth-order valence-corrected chi connectivity index (χ4v) is 1.82. The molecule has 0 aliphatic heterocycles. The molecular formula is C13H18F3NO2. The fraction of sp³-hybridized carbons (Fsp3) is 0.538. The van der Waals surface area contributed by atoms with Crippen LogP contribution in [0.25, 0.3) is 0 Å². The summed E-state index contributed by atoms with van der Waals surface area (Å²) in [7, 11) is 0. The standard InChI is InChI=1S/C13H18F3NO2/c1-3-18-12(9-17,19-4-2)10-5-7-11(8-6-10)13(14,15)16/h5-8H,3-4,9,17H2,1-2H3. The summed E-state index contributed by atoms with van der Waals surface area (Å²) in [5.41, 5.74) is 5.43. The van der Waals surface area contributed by atoms with Gasteiger partial charge in [-0.05, 0) is 26.0 Å². The molecule has 3 nitrogen and oxygen atoms in total. The monoisotopic (exact) mass is 277 g/mol. The van der Waals surface area contributed by atoms with Crippen molar-refractivity contribution in [1.82, 2.24) is 0 Å². The second kappa shape index (κ2) is 6.36. The van der Waals surface area contributed by atoms with Crippen LogP contribution in [0.2, 0.25) is 0 Å². The molecule has 0 saturated carbocycles. The average Bonchev–Trinajstić information content (AvgIpc) is 2.37. The molecule has 19 heavy (non-hydrogen) atoms. The summed E-state index contributed by atoms with van der Waals surface area (Å²) in [6, 6.07) is 4.66. The highest BCUT2D eigenvalue weighted by Crippen LogP contribution is 2.32. The van der Waals surface area contributed by atoms with E-state index in [0.717, 1.165) is 12.1 Å². The lowest BCUT2D eigenvalue weighted by Gasteiger charge is -2.32. The van der Waals surface area contributed by atoms with E-state index < -0.39 is 17.5 Å². The summed E-state index contributed by atoms with van der Waals surface area (Å²) in [6.07, 6.45) is -4.36. The van der Waals surface area contributed by atoms with E-state index in [4.69, 9.17) is 15.2 Å². The molecule has 6 heteroatoms. The van der Waals surface area contributed by atoms with E-state index in [1.54, 1.807) is 13.8 Å². The minimum atomic E-state index is -4.36. The van der Waals surface area contributed by atoms with Crippen LogP contribution in [0.15, 0.2) is 24.3 Å². The fourth-order valence-electron chi connectivity index (χ4n) is 1.82. The first-order valence-electron chi connectivity index (χ1n) is 6.05. The van der Waals surface area contributed by atoms with Gasteiger partial charge in [0.25, 0.3) is 0 Å². The minimum Gasteiger partial charge on any atom is -0.345 e. The highest BCUT2D eigenvalue weighted by molar-refractivity contribution is 5.28. The molecule has 1 rings (SSSR count). The van der Waals surface area contributed by atoms with Gasteiger partial charge in [-0.15, -0.1) is 0 Å². The van der Waals surface area contributed by atoms with Crippen molar-refractivity contribution < 1.29 is 22.6 Å². The lowest BCUT2D eigenvalue weighted by Crippen LogP contribution is -2.41. The quantitative estimate of drug-likeness (QED) is 0.813. The Bertz CT molecular complexity index is 384. The molecule has 0 fully saturated rings. The van der Waals surface area contributed by atoms with Gasteiger partial charge in [0.1, 0.15) is 0 Å². The number of hydrogen-bond acceptors (Lipinski definition) is 3. The summed E-state index contributed by atoms with van der Waals surface area (Å²) < 4.78 is 48.5. The van der Waals surface area contributed by atoms with Crippen molar-refractivity contribution in [1.29, 1.82) is 0 Å². The number of ether oxygens (including phenoxy) is 2. The molecule has 0 bridgehead atoms. The molecule has 0 radical (unpaired) electrons. The third-order valence-electron chi connectivity index (χ3n) is 2.68. The van der Waals surface area contributed by atoms with Gasteiger partial charge in [-0.1, -0.05) is 12.1 Å². The van der Waals surface area contributed by atoms with Crippen LogP contribution in [-0.4, -0.2) is 19.8 Å². The van der Waals surface area contributed by atoms with Crippen molar-refractivity contribution in [2.45, 2.75) is 25.8 Å². The Balaban J connectivity index is 3.10. The first kappa shape index (κ1) is 15.9. The Morgan fingerprint density at radius 1 is 0.947 bits per heavy atom. The Hall–Kier alpha value is -1.11. The lowest BCUT2D eigenvalue weighted by molar-refractivity contribution is -0.235. The van der Waals surface area contributed by atoms with Crippen LogP contribution >= 0.6 is 0 Å². The van der Waals surface area contributed by atoms with E-state index >= 15 is 0 Å². The summed E-state index contributed by atoms with van der Waals surface area (Å²) in [5, 5.41) is 0. The summed E-state index contributed by atoms with van der Waals surface area (Å²) in [6.45, 7) is 4.26. The maximum Gasteiger partial charge on any atom is 0.416 e. The largest absolute Gasteiger partial charge is 0.416 e. The third kappa shape index (κ3) is 3.68. The number of nitrogens with two attached hydrogens (primary N) is 1. The molecule has 1 aromatic carbocycles. The van der Waals surface area contributed by atoms with Crippen LogP contribution < -0.4 is 5.73 Å². The smallest absolute Gasteiger partial charge is 0.345 e. The second-order valence-corrected chi connectivity index (χ2v) is 3.90. The first-order valence-corrected chi connectivity index (χ1v) is 6.05.